The van der Waals surface area contributed by atoms with E-state index in [0.29, 0.717) is 24.9 Å². The van der Waals surface area contributed by atoms with E-state index >= 15 is 0 Å². The van der Waals surface area contributed by atoms with Gasteiger partial charge in [0, 0.05) is 12.5 Å². The molecule has 0 N–H and O–H groups in total. The highest BCUT2D eigenvalue weighted by molar-refractivity contribution is 5.92. The Hall–Kier alpha value is -0.490. The van der Waals surface area contributed by atoms with E-state index in [9.17, 15) is 4.79 Å². The Labute approximate surface area is 132 Å². The fourth-order valence-corrected chi connectivity index (χ4v) is 4.62. The third-order valence-electron chi connectivity index (χ3n) is 6.08. The molecular formula is C17H28O5. The lowest BCUT2D eigenvalue weighted by molar-refractivity contribution is -0.183. The van der Waals surface area contributed by atoms with Crippen LogP contribution in [0.2, 0.25) is 0 Å². The maximum atomic E-state index is 12.6. The fourth-order valence-electron chi connectivity index (χ4n) is 4.62. The molecule has 0 radical (unpaired) electrons. The van der Waals surface area contributed by atoms with Gasteiger partial charge < -0.3 is 18.9 Å². The molecule has 3 rings (SSSR count). The highest BCUT2D eigenvalue weighted by Crippen LogP contribution is 2.60. The van der Waals surface area contributed by atoms with E-state index in [2.05, 4.69) is 20.8 Å². The number of methoxy groups -OCH3 is 1. The van der Waals surface area contributed by atoms with Gasteiger partial charge in [0.1, 0.15) is 12.9 Å². The summed E-state index contributed by atoms with van der Waals surface area (Å²) >= 11 is 0. The number of ether oxygens (including phenoxy) is 4. The van der Waals surface area contributed by atoms with E-state index in [-0.39, 0.29) is 35.9 Å². The summed E-state index contributed by atoms with van der Waals surface area (Å²) in [5, 5.41) is 0. The van der Waals surface area contributed by atoms with Crippen LogP contribution in [-0.4, -0.2) is 51.2 Å². The zero-order valence-electron chi connectivity index (χ0n) is 14.1. The van der Waals surface area contributed by atoms with Crippen LogP contribution in [0.3, 0.4) is 0 Å². The molecule has 0 aromatic carbocycles. The minimum Gasteiger partial charge on any atom is -0.382 e. The Kier molecular flexibility index (Phi) is 4.36. The molecule has 3 aliphatic rings. The van der Waals surface area contributed by atoms with Crippen molar-refractivity contribution in [2.45, 2.75) is 58.3 Å². The molecule has 5 nitrogen and oxygen atoms in total. The van der Waals surface area contributed by atoms with Crippen LogP contribution >= 0.6 is 0 Å². The molecule has 0 unspecified atom stereocenters. The number of carbonyl (C=O) groups is 1. The van der Waals surface area contributed by atoms with Crippen molar-refractivity contribution in [1.82, 2.24) is 0 Å². The standard InChI is InChI=1S/C17H28O5/c1-16(2)12-9-11-14(22-11)15(18)17(12,3)6-5-13(16)21-10-20-8-7-19-4/h11-14H,5-10H2,1-4H3/t11-,12+,13-,14+,17+/m0/s1. The lowest BCUT2D eigenvalue weighted by Crippen LogP contribution is -2.57. The molecule has 3 fully saturated rings. The normalized spacial score (nSPS) is 42.6. The molecule has 2 saturated carbocycles. The average Bonchev–Trinajstić information content (AvgIpc) is 3.24. The number of ketones is 1. The minimum absolute atomic E-state index is 0.0514. The second kappa shape index (κ2) is 5.86. The lowest BCUT2D eigenvalue weighted by Gasteiger charge is -2.54. The van der Waals surface area contributed by atoms with Crippen molar-refractivity contribution in [1.29, 1.82) is 0 Å². The highest BCUT2D eigenvalue weighted by atomic mass is 16.7. The van der Waals surface area contributed by atoms with E-state index in [0.717, 1.165) is 19.3 Å². The smallest absolute Gasteiger partial charge is 0.170 e. The average molecular weight is 312 g/mol. The maximum Gasteiger partial charge on any atom is 0.170 e. The van der Waals surface area contributed by atoms with Crippen LogP contribution in [0, 0.1) is 16.7 Å². The first-order valence-corrected chi connectivity index (χ1v) is 8.29. The van der Waals surface area contributed by atoms with E-state index in [1.54, 1.807) is 7.11 Å². The Balaban J connectivity index is 1.63. The van der Waals surface area contributed by atoms with Crippen molar-refractivity contribution in [3.8, 4) is 0 Å². The van der Waals surface area contributed by atoms with Crippen molar-refractivity contribution in [2.75, 3.05) is 27.1 Å². The third-order valence-corrected chi connectivity index (χ3v) is 6.08. The van der Waals surface area contributed by atoms with Crippen LogP contribution < -0.4 is 0 Å². The molecule has 5 heteroatoms. The summed E-state index contributed by atoms with van der Waals surface area (Å²) in [6.45, 7) is 7.99. The molecule has 0 spiro atoms. The zero-order valence-corrected chi connectivity index (χ0v) is 14.1. The van der Waals surface area contributed by atoms with Gasteiger partial charge in [-0.2, -0.15) is 0 Å². The molecule has 0 amide bonds. The quantitative estimate of drug-likeness (QED) is 0.427. The summed E-state index contributed by atoms with van der Waals surface area (Å²) in [5.41, 5.74) is -0.303. The maximum absolute atomic E-state index is 12.6. The van der Waals surface area contributed by atoms with Crippen LogP contribution in [0.4, 0.5) is 0 Å². The molecule has 126 valence electrons. The summed E-state index contributed by atoms with van der Waals surface area (Å²) in [7, 11) is 1.66. The van der Waals surface area contributed by atoms with Crippen LogP contribution in [0.5, 0.6) is 0 Å². The van der Waals surface area contributed by atoms with Crippen LogP contribution in [0.25, 0.3) is 0 Å². The number of epoxide rings is 1. The molecule has 22 heavy (non-hydrogen) atoms. The van der Waals surface area contributed by atoms with E-state index in [1.807, 2.05) is 0 Å². The zero-order chi connectivity index (χ0) is 16.0. The second-order valence-electron chi connectivity index (χ2n) is 7.70. The molecule has 0 aromatic rings. The summed E-state index contributed by atoms with van der Waals surface area (Å²) in [6, 6.07) is 0. The summed E-state index contributed by atoms with van der Waals surface area (Å²) < 4.78 is 22.0. The monoisotopic (exact) mass is 312 g/mol. The lowest BCUT2D eigenvalue weighted by atomic mass is 9.50. The molecule has 1 aliphatic heterocycles. The summed E-state index contributed by atoms with van der Waals surface area (Å²) in [6.07, 6.45) is 2.92. The van der Waals surface area contributed by atoms with E-state index < -0.39 is 0 Å². The molecule has 0 aromatic heterocycles. The first-order chi connectivity index (χ1) is 10.4. The SMILES string of the molecule is COCCOCO[C@H]1CC[C@@]2(C)C(=O)[C@@H]3O[C@H]3C[C@@H]2C1(C)C. The van der Waals surface area contributed by atoms with Gasteiger partial charge in [0.05, 0.1) is 25.4 Å². The van der Waals surface area contributed by atoms with Crippen molar-refractivity contribution in [3.05, 3.63) is 0 Å². The fraction of sp³-hybridized carbons (Fsp3) is 0.941. The number of hydrogen-bond donors (Lipinski definition) is 0. The van der Waals surface area contributed by atoms with Gasteiger partial charge in [0.2, 0.25) is 0 Å². The Morgan fingerprint density at radius 1 is 1.27 bits per heavy atom. The van der Waals surface area contributed by atoms with Gasteiger partial charge in [-0.1, -0.05) is 20.8 Å². The third kappa shape index (κ3) is 2.62. The van der Waals surface area contributed by atoms with Crippen LogP contribution in [0.15, 0.2) is 0 Å². The summed E-state index contributed by atoms with van der Waals surface area (Å²) in [4.78, 5) is 12.6. The minimum atomic E-state index is -0.252. The predicted molar refractivity (Wildman–Crippen MR) is 80.5 cm³/mol. The van der Waals surface area contributed by atoms with Crippen molar-refractivity contribution < 1.29 is 23.7 Å². The molecule has 1 heterocycles. The van der Waals surface area contributed by atoms with E-state index in [4.69, 9.17) is 18.9 Å². The number of hydrogen-bond acceptors (Lipinski definition) is 5. The van der Waals surface area contributed by atoms with Crippen LogP contribution in [-0.2, 0) is 23.7 Å². The topological polar surface area (TPSA) is 57.3 Å². The largest absolute Gasteiger partial charge is 0.382 e. The van der Waals surface area contributed by atoms with Gasteiger partial charge in [-0.05, 0) is 30.6 Å². The van der Waals surface area contributed by atoms with Crippen molar-refractivity contribution >= 4 is 5.78 Å². The first kappa shape index (κ1) is 16.4. The molecule has 0 bridgehead atoms. The van der Waals surface area contributed by atoms with Gasteiger partial charge in [0.25, 0.3) is 0 Å². The number of fused-ring (bicyclic) bond motifs is 2. The molecule has 1 saturated heterocycles. The van der Waals surface area contributed by atoms with Gasteiger partial charge >= 0.3 is 0 Å². The van der Waals surface area contributed by atoms with Gasteiger partial charge in [-0.25, -0.2) is 0 Å². The first-order valence-electron chi connectivity index (χ1n) is 8.29. The predicted octanol–water partition coefficient (Wildman–Crippen LogP) is 2.17. The van der Waals surface area contributed by atoms with Crippen molar-refractivity contribution in [3.63, 3.8) is 0 Å². The van der Waals surface area contributed by atoms with Crippen LogP contribution in [0.1, 0.15) is 40.0 Å². The summed E-state index contributed by atoms with van der Waals surface area (Å²) in [5.74, 6) is 0.630. The number of rotatable bonds is 6. The number of Topliss-reactive ketones (excluding diaryl/α,β-unsaturated/α-hetero) is 1. The van der Waals surface area contributed by atoms with Gasteiger partial charge in [-0.15, -0.1) is 0 Å². The van der Waals surface area contributed by atoms with E-state index in [1.165, 1.54) is 0 Å². The van der Waals surface area contributed by atoms with Gasteiger partial charge in [0.15, 0.2) is 5.78 Å². The highest BCUT2D eigenvalue weighted by Gasteiger charge is 2.65. The van der Waals surface area contributed by atoms with Crippen molar-refractivity contribution in [2.24, 2.45) is 16.7 Å². The molecular weight excluding hydrogens is 284 g/mol. The van der Waals surface area contributed by atoms with Gasteiger partial charge in [-0.3, -0.25) is 4.79 Å². The second-order valence-corrected chi connectivity index (χ2v) is 7.70. The Morgan fingerprint density at radius 3 is 2.77 bits per heavy atom. The molecule has 2 aliphatic carbocycles. The number of carbonyl (C=O) groups excluding carboxylic acids is 1. The molecule has 5 atom stereocenters. The Bertz CT molecular complexity index is 435. The Morgan fingerprint density at radius 2 is 2.05 bits per heavy atom.